The van der Waals surface area contributed by atoms with Gasteiger partial charge in [-0.25, -0.2) is 0 Å². The molecule has 2 heterocycles. The number of amides is 1. The van der Waals surface area contributed by atoms with Gasteiger partial charge in [0.05, 0.1) is 27.0 Å². The molecule has 3 aromatic rings. The number of ketones is 1. The lowest BCUT2D eigenvalue weighted by molar-refractivity contribution is -0.129. The fourth-order valence-electron chi connectivity index (χ4n) is 4.28. The standard InChI is InChI=1S/C26H31N5O5/c1-16-7-8-17(2)20(13-16)31-27-23(26(28-31)30-11-9-29(10-12-30)18(3)32)24(33)19-14-21(34-4)25(36-6)22(15-19)35-5/h7-8,13-15H,9-12H2,1-6H3. The minimum atomic E-state index is -0.324. The number of methoxy groups -OCH3 is 3. The number of piperazine rings is 1. The van der Waals surface area contributed by atoms with Gasteiger partial charge >= 0.3 is 0 Å². The average Bonchev–Trinajstić information content (AvgIpc) is 3.33. The van der Waals surface area contributed by atoms with E-state index in [1.807, 2.05) is 36.9 Å². The minimum Gasteiger partial charge on any atom is -0.493 e. The maximum Gasteiger partial charge on any atom is 0.219 e. The number of aryl methyl sites for hydroxylation is 2. The quantitative estimate of drug-likeness (QED) is 0.464. The van der Waals surface area contributed by atoms with E-state index in [0.717, 1.165) is 16.8 Å². The maximum absolute atomic E-state index is 13.9. The summed E-state index contributed by atoms with van der Waals surface area (Å²) in [6.07, 6.45) is 0. The van der Waals surface area contributed by atoms with Crippen LogP contribution in [0.15, 0.2) is 30.3 Å². The van der Waals surface area contributed by atoms with Crippen molar-refractivity contribution < 1.29 is 23.8 Å². The molecule has 1 aromatic heterocycles. The topological polar surface area (TPSA) is 99.0 Å². The van der Waals surface area contributed by atoms with Crippen LogP contribution >= 0.6 is 0 Å². The van der Waals surface area contributed by atoms with Gasteiger partial charge < -0.3 is 24.0 Å². The molecule has 0 atom stereocenters. The molecule has 4 rings (SSSR count). The normalized spacial score (nSPS) is 13.5. The summed E-state index contributed by atoms with van der Waals surface area (Å²) in [6, 6.07) is 9.23. The zero-order valence-corrected chi connectivity index (χ0v) is 21.5. The fraction of sp³-hybridized carbons (Fsp3) is 0.385. The van der Waals surface area contributed by atoms with E-state index >= 15 is 0 Å². The second kappa shape index (κ2) is 10.3. The molecule has 1 amide bonds. The zero-order chi connectivity index (χ0) is 26.0. The first-order chi connectivity index (χ1) is 17.3. The van der Waals surface area contributed by atoms with E-state index in [2.05, 4.69) is 5.10 Å². The molecular weight excluding hydrogens is 462 g/mol. The van der Waals surface area contributed by atoms with E-state index in [9.17, 15) is 9.59 Å². The van der Waals surface area contributed by atoms with Crippen molar-refractivity contribution in [2.45, 2.75) is 20.8 Å². The van der Waals surface area contributed by atoms with Crippen LogP contribution in [-0.4, -0.2) is 79.1 Å². The predicted octanol–water partition coefficient (Wildman–Crippen LogP) is 2.81. The molecule has 1 fully saturated rings. The fourth-order valence-corrected chi connectivity index (χ4v) is 4.28. The van der Waals surface area contributed by atoms with Gasteiger partial charge in [-0.15, -0.1) is 15.0 Å². The van der Waals surface area contributed by atoms with Crippen LogP contribution in [0.3, 0.4) is 0 Å². The summed E-state index contributed by atoms with van der Waals surface area (Å²) in [6.45, 7) is 7.71. The van der Waals surface area contributed by atoms with Crippen molar-refractivity contribution in [1.29, 1.82) is 0 Å². The lowest BCUT2D eigenvalue weighted by atomic mass is 10.1. The first-order valence-corrected chi connectivity index (χ1v) is 11.7. The number of hydrogen-bond donors (Lipinski definition) is 0. The largest absolute Gasteiger partial charge is 0.493 e. The Hall–Kier alpha value is -4.08. The number of rotatable bonds is 7. The van der Waals surface area contributed by atoms with Crippen molar-refractivity contribution in [3.8, 4) is 22.9 Å². The molecule has 0 N–H and O–H groups in total. The number of benzene rings is 2. The molecule has 0 radical (unpaired) electrons. The van der Waals surface area contributed by atoms with Crippen LogP contribution in [0.2, 0.25) is 0 Å². The van der Waals surface area contributed by atoms with Gasteiger partial charge in [-0.3, -0.25) is 9.59 Å². The maximum atomic E-state index is 13.9. The first-order valence-electron chi connectivity index (χ1n) is 11.7. The highest BCUT2D eigenvalue weighted by Crippen LogP contribution is 2.39. The molecule has 1 aliphatic rings. The van der Waals surface area contributed by atoms with Crippen molar-refractivity contribution in [1.82, 2.24) is 19.9 Å². The number of hydrogen-bond acceptors (Lipinski definition) is 8. The Morgan fingerprint density at radius 1 is 0.861 bits per heavy atom. The summed E-state index contributed by atoms with van der Waals surface area (Å²) < 4.78 is 16.3. The van der Waals surface area contributed by atoms with E-state index in [1.54, 1.807) is 24.0 Å². The molecule has 0 aliphatic carbocycles. The number of ether oxygens (including phenoxy) is 3. The van der Waals surface area contributed by atoms with Crippen LogP contribution in [-0.2, 0) is 4.79 Å². The third-order valence-electron chi connectivity index (χ3n) is 6.34. The summed E-state index contributed by atoms with van der Waals surface area (Å²) in [5, 5.41) is 9.42. The Bertz CT molecular complexity index is 1270. The number of nitrogens with zero attached hydrogens (tertiary/aromatic N) is 5. The summed E-state index contributed by atoms with van der Waals surface area (Å²) in [7, 11) is 4.51. The summed E-state index contributed by atoms with van der Waals surface area (Å²) >= 11 is 0. The Balaban J connectivity index is 1.81. The van der Waals surface area contributed by atoms with E-state index in [1.165, 1.54) is 26.1 Å². The monoisotopic (exact) mass is 493 g/mol. The Morgan fingerprint density at radius 3 is 2.06 bits per heavy atom. The smallest absolute Gasteiger partial charge is 0.219 e. The van der Waals surface area contributed by atoms with Crippen molar-refractivity contribution >= 4 is 17.5 Å². The van der Waals surface area contributed by atoms with E-state index < -0.39 is 0 Å². The summed E-state index contributed by atoms with van der Waals surface area (Å²) in [5.74, 6) is 1.32. The van der Waals surface area contributed by atoms with Gasteiger partial charge in [0.25, 0.3) is 0 Å². The average molecular weight is 494 g/mol. The molecule has 0 unspecified atom stereocenters. The third kappa shape index (κ3) is 4.71. The van der Waals surface area contributed by atoms with Gasteiger partial charge in [0, 0.05) is 38.7 Å². The van der Waals surface area contributed by atoms with Gasteiger partial charge in [0.15, 0.2) is 23.0 Å². The molecule has 1 aliphatic heterocycles. The van der Waals surface area contributed by atoms with E-state index in [-0.39, 0.29) is 17.4 Å². The Morgan fingerprint density at radius 2 is 1.50 bits per heavy atom. The van der Waals surface area contributed by atoms with Gasteiger partial charge in [-0.2, -0.15) is 0 Å². The molecule has 0 spiro atoms. The highest BCUT2D eigenvalue weighted by Gasteiger charge is 2.29. The van der Waals surface area contributed by atoms with Crippen LogP contribution < -0.4 is 19.1 Å². The summed E-state index contributed by atoms with van der Waals surface area (Å²) in [5.41, 5.74) is 3.38. The zero-order valence-electron chi connectivity index (χ0n) is 21.5. The molecule has 10 heteroatoms. The second-order valence-electron chi connectivity index (χ2n) is 8.69. The van der Waals surface area contributed by atoms with Crippen molar-refractivity contribution in [3.05, 3.63) is 52.7 Å². The van der Waals surface area contributed by atoms with Crippen LogP contribution in [0.25, 0.3) is 5.69 Å². The Labute approximate surface area is 210 Å². The van der Waals surface area contributed by atoms with Gasteiger partial charge in [-0.1, -0.05) is 12.1 Å². The van der Waals surface area contributed by atoms with Gasteiger partial charge in [0.1, 0.15) is 0 Å². The molecule has 0 bridgehead atoms. The van der Waals surface area contributed by atoms with E-state index in [0.29, 0.717) is 54.8 Å². The molecule has 0 saturated carbocycles. The molecule has 10 nitrogen and oxygen atoms in total. The predicted molar refractivity (Wildman–Crippen MR) is 135 cm³/mol. The molecular formula is C26H31N5O5. The highest BCUT2D eigenvalue weighted by atomic mass is 16.5. The van der Waals surface area contributed by atoms with Gasteiger partial charge in [-0.05, 0) is 43.2 Å². The third-order valence-corrected chi connectivity index (χ3v) is 6.34. The van der Waals surface area contributed by atoms with Crippen LogP contribution in [0.4, 0.5) is 5.82 Å². The molecule has 36 heavy (non-hydrogen) atoms. The van der Waals surface area contributed by atoms with Crippen molar-refractivity contribution in [2.24, 2.45) is 0 Å². The SMILES string of the molecule is COc1cc(C(=O)c2nn(-c3cc(C)ccc3C)nc2N2CCN(C(C)=O)CC2)cc(OC)c1OC. The van der Waals surface area contributed by atoms with Gasteiger partial charge in [0.2, 0.25) is 17.4 Å². The Kier molecular flexibility index (Phi) is 7.14. The van der Waals surface area contributed by atoms with Crippen molar-refractivity contribution in [3.63, 3.8) is 0 Å². The lowest BCUT2D eigenvalue weighted by Crippen LogP contribution is -2.48. The number of carbonyl (C=O) groups excluding carboxylic acids is 2. The number of anilines is 1. The van der Waals surface area contributed by atoms with Crippen molar-refractivity contribution in [2.75, 3.05) is 52.4 Å². The van der Waals surface area contributed by atoms with Crippen LogP contribution in [0.5, 0.6) is 17.2 Å². The number of aromatic nitrogens is 3. The molecule has 1 saturated heterocycles. The number of carbonyl (C=O) groups is 2. The van der Waals surface area contributed by atoms with E-state index in [4.69, 9.17) is 19.3 Å². The minimum absolute atomic E-state index is 0.0300. The van der Waals surface area contributed by atoms with Crippen LogP contribution in [0, 0.1) is 13.8 Å². The molecule has 190 valence electrons. The highest BCUT2D eigenvalue weighted by molar-refractivity contribution is 6.11. The first kappa shape index (κ1) is 25.0. The molecule has 2 aromatic carbocycles. The summed E-state index contributed by atoms with van der Waals surface area (Å²) in [4.78, 5) is 31.0. The second-order valence-corrected chi connectivity index (χ2v) is 8.69. The van der Waals surface area contributed by atoms with Crippen LogP contribution in [0.1, 0.15) is 34.1 Å². The lowest BCUT2D eigenvalue weighted by Gasteiger charge is -2.34.